The number of carbonyl (C=O) groups excluding carboxylic acids is 1. The lowest BCUT2D eigenvalue weighted by molar-refractivity contribution is -0.155. The smallest absolute Gasteiger partial charge is 0.313 e. The molecule has 0 aliphatic heterocycles. The number of terminal acetylenes is 2. The van der Waals surface area contributed by atoms with E-state index in [-0.39, 0.29) is 5.97 Å². The van der Waals surface area contributed by atoms with Gasteiger partial charge in [0.25, 0.3) is 0 Å². The van der Waals surface area contributed by atoms with Crippen molar-refractivity contribution in [2.24, 2.45) is 5.41 Å². The van der Waals surface area contributed by atoms with Crippen LogP contribution in [-0.2, 0) is 9.53 Å². The van der Waals surface area contributed by atoms with Gasteiger partial charge >= 0.3 is 5.97 Å². The zero-order valence-corrected chi connectivity index (χ0v) is 8.80. The summed E-state index contributed by atoms with van der Waals surface area (Å²) in [6.07, 6.45) is 11.7. The van der Waals surface area contributed by atoms with Crippen LogP contribution in [0.5, 0.6) is 0 Å². The Morgan fingerprint density at radius 2 is 1.79 bits per heavy atom. The van der Waals surface area contributed by atoms with Crippen molar-refractivity contribution in [2.75, 3.05) is 6.61 Å². The average molecular weight is 192 g/mol. The highest BCUT2D eigenvalue weighted by molar-refractivity contribution is 5.77. The zero-order valence-electron chi connectivity index (χ0n) is 8.80. The Hall–Kier alpha value is -1.41. The molecule has 0 atom stereocenters. The maximum Gasteiger partial charge on any atom is 0.313 e. The summed E-state index contributed by atoms with van der Waals surface area (Å²) in [4.78, 5) is 11.7. The van der Waals surface area contributed by atoms with Crippen LogP contribution in [0.1, 0.15) is 33.1 Å². The molecule has 0 N–H and O–H groups in total. The summed E-state index contributed by atoms with van der Waals surface area (Å²) in [6, 6.07) is 0. The highest BCUT2D eigenvalue weighted by Crippen LogP contribution is 2.31. The predicted molar refractivity (Wildman–Crippen MR) is 56.3 cm³/mol. The Labute approximate surface area is 86.0 Å². The fraction of sp³-hybridized carbons (Fsp3) is 0.583. The van der Waals surface area contributed by atoms with Crippen molar-refractivity contribution in [3.05, 3.63) is 0 Å². The van der Waals surface area contributed by atoms with Crippen LogP contribution in [0.25, 0.3) is 0 Å². The molecule has 0 saturated carbocycles. The SMILES string of the molecule is C#CCC(CC)(CC#C)C(=O)OCC. The van der Waals surface area contributed by atoms with E-state index in [1.807, 2.05) is 6.92 Å². The van der Waals surface area contributed by atoms with Gasteiger partial charge in [-0.2, -0.15) is 0 Å². The van der Waals surface area contributed by atoms with Crippen LogP contribution >= 0.6 is 0 Å². The molecule has 2 nitrogen and oxygen atoms in total. The minimum atomic E-state index is -0.681. The summed E-state index contributed by atoms with van der Waals surface area (Å²) in [6.45, 7) is 4.02. The van der Waals surface area contributed by atoms with Crippen LogP contribution in [0.3, 0.4) is 0 Å². The maximum atomic E-state index is 11.7. The van der Waals surface area contributed by atoms with Crippen LogP contribution < -0.4 is 0 Å². The van der Waals surface area contributed by atoms with Crippen molar-refractivity contribution in [2.45, 2.75) is 33.1 Å². The summed E-state index contributed by atoms with van der Waals surface area (Å²) >= 11 is 0. The quantitative estimate of drug-likeness (QED) is 0.492. The summed E-state index contributed by atoms with van der Waals surface area (Å²) in [5, 5.41) is 0. The van der Waals surface area contributed by atoms with Gasteiger partial charge < -0.3 is 4.74 Å². The molecule has 0 unspecified atom stereocenters. The Bertz CT molecular complexity index is 249. The molecule has 0 amide bonds. The van der Waals surface area contributed by atoms with E-state index in [0.29, 0.717) is 25.9 Å². The van der Waals surface area contributed by atoms with Gasteiger partial charge in [0, 0.05) is 12.8 Å². The lowest BCUT2D eigenvalue weighted by atomic mass is 9.79. The standard InChI is InChI=1S/C12H16O2/c1-5-9-12(7-3,10-6-2)11(13)14-8-4/h1-2H,7-10H2,3-4H3. The number of hydrogen-bond acceptors (Lipinski definition) is 2. The summed E-state index contributed by atoms with van der Waals surface area (Å²) in [5.74, 6) is 4.70. The molecule has 0 rings (SSSR count). The molecule has 0 fully saturated rings. The van der Waals surface area contributed by atoms with Crippen LogP contribution in [0.15, 0.2) is 0 Å². The minimum Gasteiger partial charge on any atom is -0.466 e. The third kappa shape index (κ3) is 2.82. The van der Waals surface area contributed by atoms with Gasteiger partial charge in [0.2, 0.25) is 0 Å². The summed E-state index contributed by atoms with van der Waals surface area (Å²) < 4.78 is 4.97. The molecule has 0 aliphatic rings. The van der Waals surface area contributed by atoms with E-state index in [1.54, 1.807) is 6.92 Å². The molecule has 0 aromatic carbocycles. The van der Waals surface area contributed by atoms with Crippen molar-refractivity contribution < 1.29 is 9.53 Å². The highest BCUT2D eigenvalue weighted by atomic mass is 16.5. The fourth-order valence-electron chi connectivity index (χ4n) is 1.28. The third-order valence-corrected chi connectivity index (χ3v) is 2.27. The second-order valence-electron chi connectivity index (χ2n) is 3.12. The molecule has 0 aromatic heterocycles. The van der Waals surface area contributed by atoms with Gasteiger partial charge in [-0.3, -0.25) is 4.79 Å². The first-order chi connectivity index (χ1) is 6.66. The van der Waals surface area contributed by atoms with E-state index in [0.717, 1.165) is 0 Å². The molecule has 0 heterocycles. The van der Waals surface area contributed by atoms with Gasteiger partial charge in [0.1, 0.15) is 0 Å². The third-order valence-electron chi connectivity index (χ3n) is 2.27. The molecule has 0 aliphatic carbocycles. The number of rotatable bonds is 5. The van der Waals surface area contributed by atoms with E-state index in [9.17, 15) is 4.79 Å². The highest BCUT2D eigenvalue weighted by Gasteiger charge is 2.36. The van der Waals surface area contributed by atoms with Gasteiger partial charge in [-0.15, -0.1) is 24.7 Å². The van der Waals surface area contributed by atoms with Gasteiger partial charge in [-0.25, -0.2) is 0 Å². The Balaban J connectivity index is 4.76. The molecule has 0 saturated heterocycles. The molecule has 0 radical (unpaired) electrons. The van der Waals surface area contributed by atoms with Crippen molar-refractivity contribution >= 4 is 5.97 Å². The lowest BCUT2D eigenvalue weighted by Crippen LogP contribution is -2.31. The van der Waals surface area contributed by atoms with E-state index < -0.39 is 5.41 Å². The lowest BCUT2D eigenvalue weighted by Gasteiger charge is -2.25. The largest absolute Gasteiger partial charge is 0.466 e. The molecule has 0 spiro atoms. The van der Waals surface area contributed by atoms with Crippen LogP contribution in [-0.4, -0.2) is 12.6 Å². The maximum absolute atomic E-state index is 11.7. The number of esters is 1. The topological polar surface area (TPSA) is 26.3 Å². The Morgan fingerprint density at radius 3 is 2.07 bits per heavy atom. The molecule has 0 aromatic rings. The molecule has 76 valence electrons. The first-order valence-corrected chi connectivity index (χ1v) is 4.71. The van der Waals surface area contributed by atoms with Gasteiger partial charge in [0.05, 0.1) is 12.0 Å². The normalized spacial score (nSPS) is 10.0. The predicted octanol–water partition coefficient (Wildman–Crippen LogP) is 1.99. The van der Waals surface area contributed by atoms with Crippen LogP contribution in [0, 0.1) is 30.1 Å². The van der Waals surface area contributed by atoms with Crippen LogP contribution in [0.2, 0.25) is 0 Å². The van der Waals surface area contributed by atoms with Crippen LogP contribution in [0.4, 0.5) is 0 Å². The van der Waals surface area contributed by atoms with Gasteiger partial charge in [0.15, 0.2) is 0 Å². The number of hydrogen-bond donors (Lipinski definition) is 0. The summed E-state index contributed by atoms with van der Waals surface area (Å²) in [5.41, 5.74) is -0.681. The number of ether oxygens (including phenoxy) is 1. The molecule has 14 heavy (non-hydrogen) atoms. The fourth-order valence-corrected chi connectivity index (χ4v) is 1.28. The second-order valence-corrected chi connectivity index (χ2v) is 3.12. The van der Waals surface area contributed by atoms with Crippen molar-refractivity contribution in [1.82, 2.24) is 0 Å². The molecular formula is C12H16O2. The molecule has 0 bridgehead atoms. The monoisotopic (exact) mass is 192 g/mol. The first-order valence-electron chi connectivity index (χ1n) is 4.71. The Kier molecular flexibility index (Phi) is 5.49. The first kappa shape index (κ1) is 12.6. The minimum absolute atomic E-state index is 0.279. The van der Waals surface area contributed by atoms with E-state index in [2.05, 4.69) is 11.8 Å². The van der Waals surface area contributed by atoms with E-state index in [4.69, 9.17) is 17.6 Å². The Morgan fingerprint density at radius 1 is 1.29 bits per heavy atom. The van der Waals surface area contributed by atoms with Gasteiger partial charge in [-0.1, -0.05) is 6.92 Å². The zero-order chi connectivity index (χ0) is 11.0. The molecular weight excluding hydrogens is 176 g/mol. The number of carbonyl (C=O) groups is 1. The van der Waals surface area contributed by atoms with Crippen molar-refractivity contribution in [3.63, 3.8) is 0 Å². The van der Waals surface area contributed by atoms with Gasteiger partial charge in [-0.05, 0) is 13.3 Å². The van der Waals surface area contributed by atoms with Crippen molar-refractivity contribution in [1.29, 1.82) is 0 Å². The summed E-state index contributed by atoms with van der Waals surface area (Å²) in [7, 11) is 0. The van der Waals surface area contributed by atoms with E-state index >= 15 is 0 Å². The van der Waals surface area contributed by atoms with Crippen molar-refractivity contribution in [3.8, 4) is 24.7 Å². The molecule has 2 heteroatoms. The average Bonchev–Trinajstić information content (AvgIpc) is 2.17. The second kappa shape index (κ2) is 6.11. The van der Waals surface area contributed by atoms with E-state index in [1.165, 1.54) is 0 Å².